The highest BCUT2D eigenvalue weighted by molar-refractivity contribution is 6.09. The summed E-state index contributed by atoms with van der Waals surface area (Å²) in [6.07, 6.45) is 5.26. The molecule has 0 saturated carbocycles. The standard InChI is InChI=1S/C21H21NO4/c23-17-11-9-15(10-12-17)21(26)19-14-16(6-2-1-3-8-20(24)25)18-7-4-5-13-22(18)19/h4-5,7,9-14,23H,1-3,6,8H2,(H,24,25). The first-order chi connectivity index (χ1) is 12.6. The molecule has 3 rings (SSSR count). The molecule has 0 saturated heterocycles. The molecule has 0 spiro atoms. The van der Waals surface area contributed by atoms with Gasteiger partial charge in [-0.1, -0.05) is 12.5 Å². The summed E-state index contributed by atoms with van der Waals surface area (Å²) < 4.78 is 1.89. The maximum absolute atomic E-state index is 12.9. The number of fused-ring (bicyclic) bond motifs is 1. The molecular formula is C21H21NO4. The number of benzene rings is 1. The van der Waals surface area contributed by atoms with Crippen molar-refractivity contribution in [2.24, 2.45) is 0 Å². The zero-order chi connectivity index (χ0) is 18.5. The molecule has 3 aromatic rings. The van der Waals surface area contributed by atoms with Crippen LogP contribution in [0, 0.1) is 0 Å². The lowest BCUT2D eigenvalue weighted by Crippen LogP contribution is -2.04. The number of phenolic OH excluding ortho intramolecular Hbond substituents is 1. The minimum absolute atomic E-state index is 0.0941. The van der Waals surface area contributed by atoms with E-state index in [-0.39, 0.29) is 18.0 Å². The van der Waals surface area contributed by atoms with Crippen molar-refractivity contribution in [3.8, 4) is 5.75 Å². The zero-order valence-corrected chi connectivity index (χ0v) is 14.4. The van der Waals surface area contributed by atoms with Gasteiger partial charge in [-0.25, -0.2) is 0 Å². The van der Waals surface area contributed by atoms with E-state index < -0.39 is 5.97 Å². The number of hydrogen-bond donors (Lipinski definition) is 2. The Labute approximate surface area is 151 Å². The van der Waals surface area contributed by atoms with E-state index in [9.17, 15) is 14.7 Å². The number of ketones is 1. The van der Waals surface area contributed by atoms with Crippen LogP contribution in [-0.2, 0) is 11.2 Å². The number of rotatable bonds is 8. The molecule has 5 nitrogen and oxygen atoms in total. The lowest BCUT2D eigenvalue weighted by molar-refractivity contribution is -0.137. The molecule has 134 valence electrons. The van der Waals surface area contributed by atoms with Gasteiger partial charge in [0.25, 0.3) is 0 Å². The van der Waals surface area contributed by atoms with E-state index in [0.717, 1.165) is 30.3 Å². The fourth-order valence-corrected chi connectivity index (χ4v) is 3.13. The molecule has 5 heteroatoms. The maximum Gasteiger partial charge on any atom is 0.303 e. The third-order valence-electron chi connectivity index (χ3n) is 4.46. The molecule has 0 fully saturated rings. The molecule has 0 aliphatic rings. The van der Waals surface area contributed by atoms with E-state index in [1.165, 1.54) is 12.1 Å². The van der Waals surface area contributed by atoms with Crippen LogP contribution in [0.3, 0.4) is 0 Å². The molecular weight excluding hydrogens is 330 g/mol. The second-order valence-corrected chi connectivity index (χ2v) is 6.34. The largest absolute Gasteiger partial charge is 0.508 e. The average molecular weight is 351 g/mol. The summed E-state index contributed by atoms with van der Waals surface area (Å²) in [4.78, 5) is 23.5. The quantitative estimate of drug-likeness (QED) is 0.474. The number of carbonyl (C=O) groups is 2. The summed E-state index contributed by atoms with van der Waals surface area (Å²) >= 11 is 0. The number of carboxylic acid groups (broad SMARTS) is 1. The Hall–Kier alpha value is -3.08. The van der Waals surface area contributed by atoms with Crippen molar-refractivity contribution < 1.29 is 19.8 Å². The summed E-state index contributed by atoms with van der Waals surface area (Å²) in [7, 11) is 0. The Balaban J connectivity index is 1.81. The molecule has 0 aliphatic heterocycles. The van der Waals surface area contributed by atoms with E-state index in [4.69, 9.17) is 5.11 Å². The van der Waals surface area contributed by atoms with Crippen LogP contribution in [0.4, 0.5) is 0 Å². The molecule has 2 N–H and O–H groups in total. The van der Waals surface area contributed by atoms with Crippen LogP contribution in [0.1, 0.15) is 47.3 Å². The number of aromatic nitrogens is 1. The van der Waals surface area contributed by atoms with E-state index in [0.29, 0.717) is 17.7 Å². The molecule has 0 bridgehead atoms. The number of nitrogens with zero attached hydrogens (tertiary/aromatic N) is 1. The number of phenols is 1. The fraction of sp³-hybridized carbons (Fsp3) is 0.238. The van der Waals surface area contributed by atoms with Crippen molar-refractivity contribution in [2.45, 2.75) is 32.1 Å². The van der Waals surface area contributed by atoms with Gasteiger partial charge in [0.1, 0.15) is 5.75 Å². The van der Waals surface area contributed by atoms with Crippen LogP contribution in [0.2, 0.25) is 0 Å². The normalized spacial score (nSPS) is 10.9. The predicted molar refractivity (Wildman–Crippen MR) is 98.7 cm³/mol. The Kier molecular flexibility index (Phi) is 5.37. The Bertz CT molecular complexity index is 925. The van der Waals surface area contributed by atoms with Gasteiger partial charge in [0.15, 0.2) is 0 Å². The molecule has 2 heterocycles. The van der Waals surface area contributed by atoms with Gasteiger partial charge in [0.05, 0.1) is 5.69 Å². The van der Waals surface area contributed by atoms with Crippen molar-refractivity contribution in [1.29, 1.82) is 0 Å². The third-order valence-corrected chi connectivity index (χ3v) is 4.46. The van der Waals surface area contributed by atoms with Gasteiger partial charge >= 0.3 is 5.97 Å². The molecule has 26 heavy (non-hydrogen) atoms. The lowest BCUT2D eigenvalue weighted by atomic mass is 10.1. The van der Waals surface area contributed by atoms with Gasteiger partial charge in [-0.3, -0.25) is 9.59 Å². The first-order valence-corrected chi connectivity index (χ1v) is 8.71. The van der Waals surface area contributed by atoms with Crippen molar-refractivity contribution in [3.05, 3.63) is 71.5 Å². The van der Waals surface area contributed by atoms with Gasteiger partial charge < -0.3 is 14.6 Å². The third kappa shape index (κ3) is 3.94. The molecule has 2 aromatic heterocycles. The topological polar surface area (TPSA) is 79.0 Å². The molecule has 0 aliphatic carbocycles. The van der Waals surface area contributed by atoms with Crippen molar-refractivity contribution >= 4 is 17.3 Å². The highest BCUT2D eigenvalue weighted by atomic mass is 16.4. The Morgan fingerprint density at radius 1 is 0.962 bits per heavy atom. The van der Waals surface area contributed by atoms with Crippen LogP contribution in [0.15, 0.2) is 54.7 Å². The van der Waals surface area contributed by atoms with Crippen molar-refractivity contribution in [3.63, 3.8) is 0 Å². The Morgan fingerprint density at radius 2 is 1.73 bits per heavy atom. The summed E-state index contributed by atoms with van der Waals surface area (Å²) in [5.74, 6) is -0.729. The van der Waals surface area contributed by atoms with Gasteiger partial charge in [0.2, 0.25) is 5.78 Å². The van der Waals surface area contributed by atoms with Gasteiger partial charge in [-0.2, -0.15) is 0 Å². The van der Waals surface area contributed by atoms with Gasteiger partial charge in [-0.15, -0.1) is 0 Å². The highest BCUT2D eigenvalue weighted by Gasteiger charge is 2.16. The SMILES string of the molecule is O=C(O)CCCCCc1cc(C(=O)c2ccc(O)cc2)n2ccccc12. The second kappa shape index (κ2) is 7.87. The number of aryl methyl sites for hydroxylation is 1. The zero-order valence-electron chi connectivity index (χ0n) is 14.4. The highest BCUT2D eigenvalue weighted by Crippen LogP contribution is 2.22. The number of aromatic hydroxyl groups is 1. The number of aliphatic carboxylic acids is 1. The van der Waals surface area contributed by atoms with Gasteiger partial charge in [0, 0.05) is 23.7 Å². The number of pyridine rings is 1. The maximum atomic E-state index is 12.9. The van der Waals surface area contributed by atoms with Gasteiger partial charge in [-0.05, 0) is 67.3 Å². The summed E-state index contributed by atoms with van der Waals surface area (Å²) in [5.41, 5.74) is 3.20. The first-order valence-electron chi connectivity index (χ1n) is 8.71. The van der Waals surface area contributed by atoms with E-state index in [1.807, 2.05) is 34.9 Å². The lowest BCUT2D eigenvalue weighted by Gasteiger charge is -2.03. The molecule has 0 unspecified atom stereocenters. The first kappa shape index (κ1) is 17.7. The van der Waals surface area contributed by atoms with Crippen LogP contribution in [0.25, 0.3) is 5.52 Å². The van der Waals surface area contributed by atoms with Crippen LogP contribution < -0.4 is 0 Å². The smallest absolute Gasteiger partial charge is 0.303 e. The second-order valence-electron chi connectivity index (χ2n) is 6.34. The summed E-state index contributed by atoms with van der Waals surface area (Å²) in [5, 5.41) is 18.1. The van der Waals surface area contributed by atoms with Crippen LogP contribution in [0.5, 0.6) is 5.75 Å². The fourth-order valence-electron chi connectivity index (χ4n) is 3.13. The monoisotopic (exact) mass is 351 g/mol. The summed E-state index contributed by atoms with van der Waals surface area (Å²) in [6, 6.07) is 14.0. The van der Waals surface area contributed by atoms with Crippen molar-refractivity contribution in [2.75, 3.05) is 0 Å². The summed E-state index contributed by atoms with van der Waals surface area (Å²) in [6.45, 7) is 0. The Morgan fingerprint density at radius 3 is 2.46 bits per heavy atom. The van der Waals surface area contributed by atoms with Crippen LogP contribution >= 0.6 is 0 Å². The van der Waals surface area contributed by atoms with E-state index >= 15 is 0 Å². The number of hydrogen-bond acceptors (Lipinski definition) is 3. The van der Waals surface area contributed by atoms with E-state index in [2.05, 4.69) is 0 Å². The average Bonchev–Trinajstić information content (AvgIpc) is 3.00. The molecule has 0 atom stereocenters. The minimum atomic E-state index is -0.763. The number of carbonyl (C=O) groups excluding carboxylic acids is 1. The van der Waals surface area contributed by atoms with Crippen LogP contribution in [-0.4, -0.2) is 26.4 Å². The van der Waals surface area contributed by atoms with Crippen molar-refractivity contribution in [1.82, 2.24) is 4.40 Å². The molecule has 1 aromatic carbocycles. The minimum Gasteiger partial charge on any atom is -0.508 e. The number of unbranched alkanes of at least 4 members (excludes halogenated alkanes) is 2. The van der Waals surface area contributed by atoms with E-state index in [1.54, 1.807) is 12.1 Å². The predicted octanol–water partition coefficient (Wildman–Crippen LogP) is 4.06. The number of carboxylic acids is 1. The molecule has 0 radical (unpaired) electrons. The molecule has 0 amide bonds.